The quantitative estimate of drug-likeness (QED) is 0.819. The Bertz CT molecular complexity index is 374. The summed E-state index contributed by atoms with van der Waals surface area (Å²) in [6.07, 6.45) is 2.43. The molecule has 0 aliphatic carbocycles. The molecule has 0 bridgehead atoms. The van der Waals surface area contributed by atoms with Gasteiger partial charge in [0, 0.05) is 19.7 Å². The van der Waals surface area contributed by atoms with E-state index in [0.717, 1.165) is 12.8 Å². The molecule has 0 spiro atoms. The molecule has 6 heteroatoms. The number of carbonyl (C=O) groups excluding carboxylic acids is 1. The van der Waals surface area contributed by atoms with Crippen LogP contribution in [0.15, 0.2) is 0 Å². The number of nitrogens with zero attached hydrogens (tertiary/aromatic N) is 1. The monoisotopic (exact) mass is 284 g/mol. The van der Waals surface area contributed by atoms with Crippen LogP contribution in [0, 0.1) is 11.8 Å². The number of aliphatic carboxylic acids is 1. The first-order valence-electron chi connectivity index (χ1n) is 7.41. The highest BCUT2D eigenvalue weighted by Gasteiger charge is 2.34. The third-order valence-corrected chi connectivity index (χ3v) is 4.22. The molecule has 0 aromatic carbocycles. The van der Waals surface area contributed by atoms with Crippen LogP contribution in [0.4, 0.5) is 4.79 Å². The second-order valence-electron chi connectivity index (χ2n) is 5.94. The normalized spacial score (nSPS) is 34.0. The maximum absolute atomic E-state index is 12.3. The highest BCUT2D eigenvalue weighted by molar-refractivity contribution is 5.77. The SMILES string of the molecule is CC[C@@H]1OCC[C@H]1NC(=O)N1CC(C)CC(C(=O)O)C1. The zero-order valence-electron chi connectivity index (χ0n) is 12.2. The Morgan fingerprint density at radius 1 is 1.40 bits per heavy atom. The van der Waals surface area contributed by atoms with Crippen LogP contribution in [-0.2, 0) is 9.53 Å². The maximum Gasteiger partial charge on any atom is 0.317 e. The first-order valence-corrected chi connectivity index (χ1v) is 7.41. The standard InChI is InChI=1S/C14H24N2O4/c1-3-12-11(4-5-20-12)15-14(19)16-7-9(2)6-10(8-16)13(17)18/h9-12H,3-8H2,1-2H3,(H,15,19)(H,17,18)/t9?,10?,11-,12+/m1/s1. The second kappa shape index (κ2) is 6.43. The average molecular weight is 284 g/mol. The summed E-state index contributed by atoms with van der Waals surface area (Å²) >= 11 is 0. The van der Waals surface area contributed by atoms with E-state index in [4.69, 9.17) is 9.84 Å². The molecule has 0 aromatic heterocycles. The molecule has 2 rings (SSSR count). The van der Waals surface area contributed by atoms with Gasteiger partial charge in [-0.3, -0.25) is 4.79 Å². The van der Waals surface area contributed by atoms with E-state index in [1.54, 1.807) is 4.90 Å². The van der Waals surface area contributed by atoms with E-state index in [9.17, 15) is 9.59 Å². The molecule has 2 aliphatic rings. The number of ether oxygens (including phenoxy) is 1. The van der Waals surface area contributed by atoms with Crippen molar-refractivity contribution in [1.82, 2.24) is 10.2 Å². The molecule has 114 valence electrons. The lowest BCUT2D eigenvalue weighted by molar-refractivity contribution is -0.143. The molecule has 0 aromatic rings. The third-order valence-electron chi connectivity index (χ3n) is 4.22. The molecule has 6 nitrogen and oxygen atoms in total. The van der Waals surface area contributed by atoms with Crippen LogP contribution >= 0.6 is 0 Å². The molecule has 2 N–H and O–H groups in total. The Kier molecular flexibility index (Phi) is 4.86. The number of likely N-dealkylation sites (tertiary alicyclic amines) is 1. The highest BCUT2D eigenvalue weighted by atomic mass is 16.5. The Morgan fingerprint density at radius 2 is 2.15 bits per heavy atom. The Balaban J connectivity index is 1.92. The molecule has 2 aliphatic heterocycles. The van der Waals surface area contributed by atoms with Crippen molar-refractivity contribution in [2.75, 3.05) is 19.7 Å². The number of hydrogen-bond donors (Lipinski definition) is 2. The van der Waals surface area contributed by atoms with Gasteiger partial charge < -0.3 is 20.1 Å². The van der Waals surface area contributed by atoms with Gasteiger partial charge in [0.1, 0.15) is 0 Å². The van der Waals surface area contributed by atoms with Gasteiger partial charge in [-0.15, -0.1) is 0 Å². The van der Waals surface area contributed by atoms with Gasteiger partial charge in [0.25, 0.3) is 0 Å². The van der Waals surface area contributed by atoms with Gasteiger partial charge in [-0.2, -0.15) is 0 Å². The van der Waals surface area contributed by atoms with Gasteiger partial charge in [-0.25, -0.2) is 4.79 Å². The predicted octanol–water partition coefficient (Wildman–Crippen LogP) is 1.31. The highest BCUT2D eigenvalue weighted by Crippen LogP contribution is 2.23. The number of piperidine rings is 1. The van der Waals surface area contributed by atoms with Crippen molar-refractivity contribution in [3.8, 4) is 0 Å². The lowest BCUT2D eigenvalue weighted by Gasteiger charge is -2.35. The number of urea groups is 1. The number of hydrogen-bond acceptors (Lipinski definition) is 3. The van der Waals surface area contributed by atoms with Crippen LogP contribution in [0.2, 0.25) is 0 Å². The molecular weight excluding hydrogens is 260 g/mol. The summed E-state index contributed by atoms with van der Waals surface area (Å²) in [6, 6.07) is -0.107. The first kappa shape index (κ1) is 15.1. The van der Waals surface area contributed by atoms with E-state index in [0.29, 0.717) is 26.1 Å². The van der Waals surface area contributed by atoms with Crippen molar-refractivity contribution in [3.05, 3.63) is 0 Å². The number of carboxylic acid groups (broad SMARTS) is 1. The van der Waals surface area contributed by atoms with Gasteiger partial charge in [0.05, 0.1) is 18.1 Å². The van der Waals surface area contributed by atoms with Crippen molar-refractivity contribution >= 4 is 12.0 Å². The predicted molar refractivity (Wildman–Crippen MR) is 73.4 cm³/mol. The summed E-state index contributed by atoms with van der Waals surface area (Å²) in [4.78, 5) is 25.1. The summed E-state index contributed by atoms with van der Waals surface area (Å²) in [7, 11) is 0. The lowest BCUT2D eigenvalue weighted by atomic mass is 9.91. The molecule has 0 saturated carbocycles. The Morgan fingerprint density at radius 3 is 2.80 bits per heavy atom. The summed E-state index contributed by atoms with van der Waals surface area (Å²) in [5, 5.41) is 12.1. The number of carboxylic acids is 1. The Hall–Kier alpha value is -1.30. The zero-order chi connectivity index (χ0) is 14.7. The molecule has 2 heterocycles. The van der Waals surface area contributed by atoms with Gasteiger partial charge >= 0.3 is 12.0 Å². The molecule has 2 unspecified atom stereocenters. The summed E-state index contributed by atoms with van der Waals surface area (Å²) in [5.41, 5.74) is 0. The lowest BCUT2D eigenvalue weighted by Crippen LogP contribution is -2.53. The molecule has 0 radical (unpaired) electrons. The fourth-order valence-corrected chi connectivity index (χ4v) is 3.16. The first-order chi connectivity index (χ1) is 9.51. The van der Waals surface area contributed by atoms with E-state index in [2.05, 4.69) is 5.32 Å². The van der Waals surface area contributed by atoms with Crippen molar-refractivity contribution in [2.45, 2.75) is 45.3 Å². The van der Waals surface area contributed by atoms with Crippen molar-refractivity contribution in [2.24, 2.45) is 11.8 Å². The fourth-order valence-electron chi connectivity index (χ4n) is 3.16. The van der Waals surface area contributed by atoms with E-state index >= 15 is 0 Å². The zero-order valence-corrected chi connectivity index (χ0v) is 12.2. The fraction of sp³-hybridized carbons (Fsp3) is 0.857. The minimum atomic E-state index is -0.815. The van der Waals surface area contributed by atoms with Crippen LogP contribution < -0.4 is 5.32 Å². The van der Waals surface area contributed by atoms with Crippen LogP contribution in [0.5, 0.6) is 0 Å². The molecule has 2 amide bonds. The van der Waals surface area contributed by atoms with Gasteiger partial charge in [0.15, 0.2) is 0 Å². The van der Waals surface area contributed by atoms with Crippen LogP contribution in [0.1, 0.15) is 33.1 Å². The van der Waals surface area contributed by atoms with Crippen LogP contribution in [-0.4, -0.2) is 53.8 Å². The molecular formula is C14H24N2O4. The minimum absolute atomic E-state index is 0.0491. The average Bonchev–Trinajstić information content (AvgIpc) is 2.85. The molecule has 2 saturated heterocycles. The topological polar surface area (TPSA) is 78.9 Å². The van der Waals surface area contributed by atoms with Crippen molar-refractivity contribution < 1.29 is 19.4 Å². The molecule has 20 heavy (non-hydrogen) atoms. The van der Waals surface area contributed by atoms with Crippen LogP contribution in [0.25, 0.3) is 0 Å². The van der Waals surface area contributed by atoms with E-state index in [1.165, 1.54) is 0 Å². The number of rotatable bonds is 3. The molecule has 2 fully saturated rings. The largest absolute Gasteiger partial charge is 0.481 e. The second-order valence-corrected chi connectivity index (χ2v) is 5.94. The van der Waals surface area contributed by atoms with E-state index < -0.39 is 11.9 Å². The number of carbonyl (C=O) groups is 2. The minimum Gasteiger partial charge on any atom is -0.481 e. The van der Waals surface area contributed by atoms with Gasteiger partial charge in [-0.05, 0) is 25.2 Å². The van der Waals surface area contributed by atoms with Gasteiger partial charge in [0.2, 0.25) is 0 Å². The van der Waals surface area contributed by atoms with E-state index in [1.807, 2.05) is 13.8 Å². The third kappa shape index (κ3) is 3.42. The smallest absolute Gasteiger partial charge is 0.317 e. The summed E-state index contributed by atoms with van der Waals surface area (Å²) in [6.45, 7) is 5.63. The van der Waals surface area contributed by atoms with E-state index in [-0.39, 0.29) is 24.1 Å². The summed E-state index contributed by atoms with van der Waals surface area (Å²) < 4.78 is 5.56. The number of amides is 2. The maximum atomic E-state index is 12.3. The van der Waals surface area contributed by atoms with Crippen LogP contribution in [0.3, 0.4) is 0 Å². The molecule has 4 atom stereocenters. The van der Waals surface area contributed by atoms with Crippen molar-refractivity contribution in [1.29, 1.82) is 0 Å². The Labute approximate surface area is 119 Å². The van der Waals surface area contributed by atoms with Gasteiger partial charge in [-0.1, -0.05) is 13.8 Å². The van der Waals surface area contributed by atoms with Crippen molar-refractivity contribution in [3.63, 3.8) is 0 Å². The number of nitrogens with one attached hydrogen (secondary N) is 1. The summed E-state index contributed by atoms with van der Waals surface area (Å²) in [5.74, 6) is -1.05.